The van der Waals surface area contributed by atoms with Crippen LogP contribution in [0.5, 0.6) is 0 Å². The van der Waals surface area contributed by atoms with Gasteiger partial charge in [-0.3, -0.25) is 0 Å². The predicted octanol–water partition coefficient (Wildman–Crippen LogP) is 3.10. The quantitative estimate of drug-likeness (QED) is 0.860. The lowest BCUT2D eigenvalue weighted by Crippen LogP contribution is -2.40. The Labute approximate surface area is 150 Å². The van der Waals surface area contributed by atoms with Crippen molar-refractivity contribution in [2.24, 2.45) is 5.41 Å². The topological polar surface area (TPSA) is 61.8 Å². The van der Waals surface area contributed by atoms with Crippen LogP contribution in [-0.4, -0.2) is 47.4 Å². The van der Waals surface area contributed by atoms with Crippen LogP contribution in [0.25, 0.3) is 0 Å². The minimum Gasteiger partial charge on any atom is -0.444 e. The molecular formula is C20H30N2O3. The molecule has 5 nitrogen and oxygen atoms in total. The highest BCUT2D eigenvalue weighted by atomic mass is 16.6. The zero-order valence-corrected chi connectivity index (χ0v) is 15.5. The zero-order valence-electron chi connectivity index (χ0n) is 15.5. The summed E-state index contributed by atoms with van der Waals surface area (Å²) >= 11 is 0. The Kier molecular flexibility index (Phi) is 5.07. The highest BCUT2D eigenvalue weighted by Crippen LogP contribution is 2.54. The molecule has 2 aliphatic rings. The molecule has 0 aromatic heterocycles. The SMILES string of the molecule is CC(C)(C)OC(=O)N1CCC(NCC2(C(O)c3ccccc3)CC2)C1. The zero-order chi connectivity index (χ0) is 18.1. The number of carbonyl (C=O) groups is 1. The second-order valence-corrected chi connectivity index (χ2v) is 8.47. The van der Waals surface area contributed by atoms with Crippen LogP contribution < -0.4 is 5.32 Å². The molecule has 138 valence electrons. The molecule has 1 aliphatic carbocycles. The van der Waals surface area contributed by atoms with E-state index in [2.05, 4.69) is 5.32 Å². The maximum Gasteiger partial charge on any atom is 0.410 e. The van der Waals surface area contributed by atoms with Crippen LogP contribution in [0.1, 0.15) is 51.7 Å². The Bertz CT molecular complexity index is 593. The van der Waals surface area contributed by atoms with Crippen LogP contribution in [0.3, 0.4) is 0 Å². The number of hydrogen-bond donors (Lipinski definition) is 2. The number of nitrogens with one attached hydrogen (secondary N) is 1. The summed E-state index contributed by atoms with van der Waals surface area (Å²) in [5, 5.41) is 14.3. The van der Waals surface area contributed by atoms with Gasteiger partial charge < -0.3 is 20.1 Å². The number of hydrogen-bond acceptors (Lipinski definition) is 4. The number of ether oxygens (including phenoxy) is 1. The van der Waals surface area contributed by atoms with Crippen LogP contribution in [0.15, 0.2) is 30.3 Å². The molecule has 3 rings (SSSR count). The fraction of sp³-hybridized carbons (Fsp3) is 0.650. The second kappa shape index (κ2) is 6.96. The lowest BCUT2D eigenvalue weighted by molar-refractivity contribution is 0.0289. The predicted molar refractivity (Wildman–Crippen MR) is 97.3 cm³/mol. The standard InChI is InChI=1S/C20H30N2O3/c1-19(2,3)25-18(24)22-12-9-16(13-22)21-14-20(10-11-20)17(23)15-7-5-4-6-8-15/h4-8,16-17,21,23H,9-14H2,1-3H3. The summed E-state index contributed by atoms with van der Waals surface area (Å²) in [5.41, 5.74) is 0.477. The molecule has 2 fully saturated rings. The molecule has 2 N–H and O–H groups in total. The average molecular weight is 346 g/mol. The summed E-state index contributed by atoms with van der Waals surface area (Å²) in [4.78, 5) is 13.9. The number of carbonyl (C=O) groups excluding carboxylic acids is 1. The fourth-order valence-electron chi connectivity index (χ4n) is 3.46. The Morgan fingerprint density at radius 2 is 2.04 bits per heavy atom. The molecule has 2 atom stereocenters. The average Bonchev–Trinajstić information content (AvgIpc) is 3.20. The Hall–Kier alpha value is -1.59. The summed E-state index contributed by atoms with van der Waals surface area (Å²) in [6, 6.07) is 10.2. The van der Waals surface area contributed by atoms with Gasteiger partial charge in [0.25, 0.3) is 0 Å². The van der Waals surface area contributed by atoms with Gasteiger partial charge in [0.1, 0.15) is 5.60 Å². The van der Waals surface area contributed by atoms with E-state index >= 15 is 0 Å². The van der Waals surface area contributed by atoms with Gasteiger partial charge in [-0.2, -0.15) is 0 Å². The van der Waals surface area contributed by atoms with Crippen molar-refractivity contribution < 1.29 is 14.6 Å². The summed E-state index contributed by atoms with van der Waals surface area (Å²) in [7, 11) is 0. The third kappa shape index (κ3) is 4.53. The summed E-state index contributed by atoms with van der Waals surface area (Å²) < 4.78 is 5.44. The smallest absolute Gasteiger partial charge is 0.410 e. The van der Waals surface area contributed by atoms with Crippen LogP contribution >= 0.6 is 0 Å². The van der Waals surface area contributed by atoms with E-state index in [1.807, 2.05) is 51.1 Å². The molecule has 0 bridgehead atoms. The van der Waals surface area contributed by atoms with Crippen LogP contribution in [-0.2, 0) is 4.74 Å². The molecule has 2 unspecified atom stereocenters. The summed E-state index contributed by atoms with van der Waals surface area (Å²) in [6.07, 6.45) is 2.35. The van der Waals surface area contributed by atoms with Gasteiger partial charge in [0.2, 0.25) is 0 Å². The number of aliphatic hydroxyl groups excluding tert-OH is 1. The van der Waals surface area contributed by atoms with Crippen molar-refractivity contribution in [1.82, 2.24) is 10.2 Å². The third-order valence-electron chi connectivity index (χ3n) is 5.17. The van der Waals surface area contributed by atoms with Gasteiger partial charge in [-0.05, 0) is 45.6 Å². The molecule has 1 saturated carbocycles. The number of benzene rings is 1. The summed E-state index contributed by atoms with van der Waals surface area (Å²) in [5.74, 6) is 0. The van der Waals surface area contributed by atoms with Gasteiger partial charge in [0, 0.05) is 31.1 Å². The van der Waals surface area contributed by atoms with Crippen LogP contribution in [0.4, 0.5) is 4.79 Å². The third-order valence-corrected chi connectivity index (χ3v) is 5.17. The maximum atomic E-state index is 12.1. The van der Waals surface area contributed by atoms with Crippen molar-refractivity contribution in [3.05, 3.63) is 35.9 Å². The van der Waals surface area contributed by atoms with E-state index in [0.717, 1.165) is 37.9 Å². The lowest BCUT2D eigenvalue weighted by Gasteiger charge is -2.26. The second-order valence-electron chi connectivity index (χ2n) is 8.47. The van der Waals surface area contributed by atoms with Gasteiger partial charge in [0.15, 0.2) is 0 Å². The van der Waals surface area contributed by atoms with E-state index in [-0.39, 0.29) is 17.6 Å². The minimum atomic E-state index is -0.458. The Morgan fingerprint density at radius 1 is 1.36 bits per heavy atom. The highest BCUT2D eigenvalue weighted by molar-refractivity contribution is 5.68. The van der Waals surface area contributed by atoms with Gasteiger partial charge in [-0.15, -0.1) is 0 Å². The van der Waals surface area contributed by atoms with Gasteiger partial charge in [-0.25, -0.2) is 4.79 Å². The fourth-order valence-corrected chi connectivity index (χ4v) is 3.46. The molecule has 25 heavy (non-hydrogen) atoms. The van der Waals surface area contributed by atoms with E-state index < -0.39 is 11.7 Å². The first-order chi connectivity index (χ1) is 11.8. The molecule has 5 heteroatoms. The van der Waals surface area contributed by atoms with Crippen molar-refractivity contribution in [2.45, 2.75) is 57.8 Å². The molecule has 1 aliphatic heterocycles. The normalized spacial score (nSPS) is 23.4. The first-order valence-corrected chi connectivity index (χ1v) is 9.23. The highest BCUT2D eigenvalue weighted by Gasteiger charge is 2.49. The monoisotopic (exact) mass is 346 g/mol. The molecule has 1 heterocycles. The number of nitrogens with zero attached hydrogens (tertiary/aromatic N) is 1. The first kappa shape index (κ1) is 18.2. The van der Waals surface area contributed by atoms with E-state index in [9.17, 15) is 9.90 Å². The molecule has 1 amide bonds. The van der Waals surface area contributed by atoms with Crippen molar-refractivity contribution in [2.75, 3.05) is 19.6 Å². The van der Waals surface area contributed by atoms with Gasteiger partial charge >= 0.3 is 6.09 Å². The molecule has 1 aromatic carbocycles. The van der Waals surface area contributed by atoms with Crippen molar-refractivity contribution in [3.63, 3.8) is 0 Å². The Morgan fingerprint density at radius 3 is 2.64 bits per heavy atom. The van der Waals surface area contributed by atoms with Gasteiger partial charge in [0.05, 0.1) is 6.10 Å². The molecule has 0 spiro atoms. The van der Waals surface area contributed by atoms with E-state index in [0.29, 0.717) is 6.54 Å². The molecule has 1 saturated heterocycles. The van der Waals surface area contributed by atoms with E-state index in [1.54, 1.807) is 4.90 Å². The lowest BCUT2D eigenvalue weighted by atomic mass is 9.92. The Balaban J connectivity index is 1.49. The number of aliphatic hydroxyl groups is 1. The number of likely N-dealkylation sites (tertiary alicyclic amines) is 1. The number of rotatable bonds is 5. The number of amides is 1. The molecule has 1 aromatic rings. The molecular weight excluding hydrogens is 316 g/mol. The van der Waals surface area contributed by atoms with Gasteiger partial charge in [-0.1, -0.05) is 30.3 Å². The molecule has 0 radical (unpaired) electrons. The minimum absolute atomic E-state index is 0.0549. The van der Waals surface area contributed by atoms with E-state index in [4.69, 9.17) is 4.74 Å². The maximum absolute atomic E-state index is 12.1. The van der Waals surface area contributed by atoms with E-state index in [1.165, 1.54) is 0 Å². The van der Waals surface area contributed by atoms with Crippen molar-refractivity contribution in [1.29, 1.82) is 0 Å². The first-order valence-electron chi connectivity index (χ1n) is 9.23. The largest absolute Gasteiger partial charge is 0.444 e. The van der Waals surface area contributed by atoms with Crippen LogP contribution in [0, 0.1) is 5.41 Å². The van der Waals surface area contributed by atoms with Crippen molar-refractivity contribution in [3.8, 4) is 0 Å². The summed E-state index contributed by atoms with van der Waals surface area (Å²) in [6.45, 7) is 7.85. The van der Waals surface area contributed by atoms with Crippen molar-refractivity contribution >= 4 is 6.09 Å². The van der Waals surface area contributed by atoms with Crippen LogP contribution in [0.2, 0.25) is 0 Å².